The van der Waals surface area contributed by atoms with Crippen molar-refractivity contribution in [1.82, 2.24) is 30.2 Å². The Morgan fingerprint density at radius 1 is 1.18 bits per heavy atom. The first kappa shape index (κ1) is 30.6. The molecular formula is C27H44N6O6. The number of hydrogen-bond acceptors (Lipinski definition) is 7. The molecule has 1 aliphatic heterocycles. The second kappa shape index (κ2) is 15.0. The maximum absolute atomic E-state index is 13.3. The maximum Gasteiger partial charge on any atom is 0.272 e. The summed E-state index contributed by atoms with van der Waals surface area (Å²) in [5.74, 6) is -0.505. The number of fused-ring (bicyclic) bond motifs is 1. The number of nitrogens with zero attached hydrogens (tertiary/aromatic N) is 4. The summed E-state index contributed by atoms with van der Waals surface area (Å²) in [6, 6.07) is -0.174. The van der Waals surface area contributed by atoms with E-state index in [0.29, 0.717) is 56.8 Å². The first-order chi connectivity index (χ1) is 18.7. The summed E-state index contributed by atoms with van der Waals surface area (Å²) in [6.45, 7) is 5.82. The van der Waals surface area contributed by atoms with Gasteiger partial charge in [-0.2, -0.15) is 5.10 Å². The highest BCUT2D eigenvalue weighted by molar-refractivity contribution is 5.94. The lowest BCUT2D eigenvalue weighted by molar-refractivity contribution is -0.137. The molecule has 1 unspecified atom stereocenters. The van der Waals surface area contributed by atoms with E-state index in [1.54, 1.807) is 4.90 Å². The molecule has 2 heterocycles. The molecule has 1 aromatic heterocycles. The smallest absolute Gasteiger partial charge is 0.272 e. The summed E-state index contributed by atoms with van der Waals surface area (Å²) >= 11 is 0. The minimum atomic E-state index is -0.296. The number of ether oxygens (including phenoxy) is 1. The van der Waals surface area contributed by atoms with E-state index in [1.165, 1.54) is 12.0 Å². The monoisotopic (exact) mass is 548 g/mol. The van der Waals surface area contributed by atoms with Gasteiger partial charge in [0.05, 0.1) is 6.54 Å². The highest BCUT2D eigenvalue weighted by atomic mass is 16.5. The quantitative estimate of drug-likeness (QED) is 0.418. The Balaban J connectivity index is 1.87. The lowest BCUT2D eigenvalue weighted by Gasteiger charge is -2.27. The van der Waals surface area contributed by atoms with Crippen LogP contribution in [0, 0.1) is 5.92 Å². The third-order valence-electron chi connectivity index (χ3n) is 7.22. The third-order valence-corrected chi connectivity index (χ3v) is 7.22. The fourth-order valence-corrected chi connectivity index (χ4v) is 5.10. The highest BCUT2D eigenvalue weighted by Gasteiger charge is 2.30. The summed E-state index contributed by atoms with van der Waals surface area (Å²) in [7, 11) is 1.44. The predicted octanol–water partition coefficient (Wildman–Crippen LogP) is 0.112. The Morgan fingerprint density at radius 3 is 2.69 bits per heavy atom. The topological polar surface area (TPSA) is 146 Å². The van der Waals surface area contributed by atoms with Crippen LogP contribution in [0.15, 0.2) is 0 Å². The number of aromatic nitrogens is 2. The number of nitrogens with one attached hydrogen (secondary N) is 2. The van der Waals surface area contributed by atoms with Gasteiger partial charge in [-0.1, -0.05) is 13.8 Å². The molecule has 1 atom stereocenters. The average Bonchev–Trinajstić information content (AvgIpc) is 3.26. The second-order valence-corrected chi connectivity index (χ2v) is 10.8. The summed E-state index contributed by atoms with van der Waals surface area (Å²) in [5.41, 5.74) is 2.24. The van der Waals surface area contributed by atoms with Gasteiger partial charge in [-0.05, 0) is 44.4 Å². The normalized spacial score (nSPS) is 19.6. The van der Waals surface area contributed by atoms with Gasteiger partial charge in [0.2, 0.25) is 17.7 Å². The molecule has 2 aliphatic rings. The van der Waals surface area contributed by atoms with Crippen molar-refractivity contribution in [2.24, 2.45) is 5.92 Å². The Bertz CT molecular complexity index is 1010. The molecule has 4 amide bonds. The van der Waals surface area contributed by atoms with Crippen molar-refractivity contribution < 1.29 is 29.0 Å². The Hall–Kier alpha value is -2.99. The van der Waals surface area contributed by atoms with E-state index in [1.807, 2.05) is 4.68 Å². The molecule has 0 aromatic carbocycles. The van der Waals surface area contributed by atoms with Crippen LogP contribution in [-0.2, 0) is 38.5 Å². The Kier molecular flexibility index (Phi) is 11.7. The van der Waals surface area contributed by atoms with E-state index in [2.05, 4.69) is 24.5 Å². The van der Waals surface area contributed by atoms with Crippen molar-refractivity contribution in [3.8, 4) is 0 Å². The number of aliphatic hydroxyl groups is 1. The molecule has 1 aromatic rings. The lowest BCUT2D eigenvalue weighted by atomic mass is 9.91. The van der Waals surface area contributed by atoms with Crippen molar-refractivity contribution in [3.63, 3.8) is 0 Å². The summed E-state index contributed by atoms with van der Waals surface area (Å²) < 4.78 is 6.94. The molecule has 1 aliphatic carbocycles. The van der Waals surface area contributed by atoms with E-state index in [4.69, 9.17) is 9.84 Å². The number of amides is 4. The number of hydrogen-bond donors (Lipinski definition) is 3. The number of aliphatic hydroxyl groups excluding tert-OH is 1. The van der Waals surface area contributed by atoms with Gasteiger partial charge in [0, 0.05) is 70.2 Å². The van der Waals surface area contributed by atoms with Crippen LogP contribution in [-0.4, -0.2) is 107 Å². The Morgan fingerprint density at radius 2 is 1.97 bits per heavy atom. The largest absolute Gasteiger partial charge is 0.396 e. The van der Waals surface area contributed by atoms with Crippen LogP contribution < -0.4 is 10.6 Å². The molecule has 218 valence electrons. The van der Waals surface area contributed by atoms with Crippen molar-refractivity contribution in [2.45, 2.75) is 71.4 Å². The number of aryl methyl sites for hydroxylation is 1. The van der Waals surface area contributed by atoms with E-state index in [9.17, 15) is 24.3 Å². The zero-order valence-corrected chi connectivity index (χ0v) is 23.5. The first-order valence-electron chi connectivity index (χ1n) is 14.0. The number of methoxy groups -OCH3 is 1. The number of rotatable bonds is 8. The molecule has 12 heteroatoms. The molecule has 0 spiro atoms. The van der Waals surface area contributed by atoms with Crippen LogP contribution in [0.5, 0.6) is 0 Å². The third kappa shape index (κ3) is 8.76. The highest BCUT2D eigenvalue weighted by Crippen LogP contribution is 2.26. The van der Waals surface area contributed by atoms with Crippen LogP contribution in [0.1, 0.15) is 67.7 Å². The van der Waals surface area contributed by atoms with Crippen molar-refractivity contribution in [3.05, 3.63) is 17.0 Å². The van der Waals surface area contributed by atoms with Gasteiger partial charge >= 0.3 is 0 Å². The number of carbonyl (C=O) groups excluding carboxylic acids is 4. The van der Waals surface area contributed by atoms with Gasteiger partial charge in [0.25, 0.3) is 5.91 Å². The fourth-order valence-electron chi connectivity index (χ4n) is 5.10. The maximum atomic E-state index is 13.3. The zero-order valence-electron chi connectivity index (χ0n) is 23.5. The minimum Gasteiger partial charge on any atom is -0.396 e. The van der Waals surface area contributed by atoms with E-state index >= 15 is 0 Å². The molecule has 12 nitrogen and oxygen atoms in total. The molecular weight excluding hydrogens is 504 g/mol. The van der Waals surface area contributed by atoms with Crippen LogP contribution in [0.25, 0.3) is 0 Å². The molecule has 0 fully saturated rings. The summed E-state index contributed by atoms with van der Waals surface area (Å²) in [6.07, 6.45) is 3.74. The standard InChI is InChI=1S/C27H44N6O6/c1-19(2)9-13-33-22-8-7-20-16-21(22)26(30-33)27(38)28-10-14-31(25(37)18-39-3)11-4-6-24(36)32(12-5-15-34)17-23(35)29-20/h19-20,34H,4-18H2,1-3H3,(H,28,38)(H,29,35). The van der Waals surface area contributed by atoms with Crippen LogP contribution in [0.3, 0.4) is 0 Å². The summed E-state index contributed by atoms with van der Waals surface area (Å²) in [5, 5.41) is 20.0. The van der Waals surface area contributed by atoms with E-state index < -0.39 is 0 Å². The van der Waals surface area contributed by atoms with E-state index in [-0.39, 0.29) is 75.5 Å². The van der Waals surface area contributed by atoms with Crippen molar-refractivity contribution in [2.75, 3.05) is 53.0 Å². The van der Waals surface area contributed by atoms with Crippen molar-refractivity contribution >= 4 is 23.6 Å². The van der Waals surface area contributed by atoms with Crippen LogP contribution >= 0.6 is 0 Å². The molecule has 0 saturated carbocycles. The Labute approximate surface area is 230 Å². The van der Waals surface area contributed by atoms with Crippen molar-refractivity contribution in [1.29, 1.82) is 0 Å². The van der Waals surface area contributed by atoms with Gasteiger partial charge in [0.15, 0.2) is 5.69 Å². The molecule has 39 heavy (non-hydrogen) atoms. The zero-order chi connectivity index (χ0) is 28.4. The lowest BCUT2D eigenvalue weighted by Crippen LogP contribution is -2.46. The second-order valence-electron chi connectivity index (χ2n) is 10.8. The average molecular weight is 549 g/mol. The predicted molar refractivity (Wildman–Crippen MR) is 144 cm³/mol. The molecule has 3 rings (SSSR count). The molecule has 3 N–H and O–H groups in total. The van der Waals surface area contributed by atoms with Crippen LogP contribution in [0.4, 0.5) is 0 Å². The first-order valence-corrected chi connectivity index (χ1v) is 14.0. The van der Waals surface area contributed by atoms with Gasteiger partial charge in [-0.25, -0.2) is 0 Å². The molecule has 2 bridgehead atoms. The SMILES string of the molecule is COCC(=O)N1CCCC(=O)N(CCCO)CC(=O)NC2CCc3c(c(nn3CCC(C)C)C(=O)NCC1)C2. The van der Waals surface area contributed by atoms with Gasteiger partial charge in [-0.15, -0.1) is 0 Å². The van der Waals surface area contributed by atoms with Gasteiger partial charge < -0.3 is 30.3 Å². The molecule has 0 saturated heterocycles. The van der Waals surface area contributed by atoms with E-state index in [0.717, 1.165) is 17.7 Å². The minimum absolute atomic E-state index is 0.0826. The summed E-state index contributed by atoms with van der Waals surface area (Å²) in [4.78, 5) is 54.9. The van der Waals surface area contributed by atoms with Gasteiger partial charge in [-0.3, -0.25) is 23.9 Å². The number of carbonyl (C=O) groups is 4. The fraction of sp³-hybridized carbons (Fsp3) is 0.741. The molecule has 0 radical (unpaired) electrons. The van der Waals surface area contributed by atoms with Crippen LogP contribution in [0.2, 0.25) is 0 Å². The van der Waals surface area contributed by atoms with Gasteiger partial charge in [0.1, 0.15) is 6.61 Å².